The van der Waals surface area contributed by atoms with Crippen molar-refractivity contribution in [3.05, 3.63) is 24.3 Å². The Kier molecular flexibility index (Phi) is 5.27. The summed E-state index contributed by atoms with van der Waals surface area (Å²) in [6.45, 7) is 3.69. The number of anilines is 1. The number of aliphatic imine (C=N–C) groups is 1. The van der Waals surface area contributed by atoms with Gasteiger partial charge in [0, 0.05) is 6.21 Å². The number of hydrogen-bond donors (Lipinski definition) is 0. The molecule has 3 rings (SSSR count). The zero-order chi connectivity index (χ0) is 18.9. The molecule has 9 heteroatoms. The van der Waals surface area contributed by atoms with Gasteiger partial charge in [0.25, 0.3) is 0 Å². The van der Waals surface area contributed by atoms with E-state index in [1.807, 2.05) is 0 Å². The van der Waals surface area contributed by atoms with E-state index in [9.17, 15) is 14.2 Å². The van der Waals surface area contributed by atoms with Gasteiger partial charge in [-0.15, -0.1) is 0 Å². The van der Waals surface area contributed by atoms with Gasteiger partial charge in [0.05, 0.1) is 37.8 Å². The third-order valence-electron chi connectivity index (χ3n) is 4.39. The topological polar surface area (TPSA) is 94.5 Å². The minimum Gasteiger partial charge on any atom is -0.497 e. The standard InChI is InChI=1S/C17H21N2O6P/c1-4-24-26(22,25-5-2)15-14-13(10-18-15)16(20)19(17(14)21)11-6-8-12(23-3)9-7-11/h6-10,13-15H,4-5H2,1-3H3/t13-,14-,15+/m1/s1. The summed E-state index contributed by atoms with van der Waals surface area (Å²) in [5.74, 6) is -2.88. The maximum Gasteiger partial charge on any atom is 0.355 e. The van der Waals surface area contributed by atoms with Crippen molar-refractivity contribution in [2.24, 2.45) is 16.8 Å². The summed E-state index contributed by atoms with van der Waals surface area (Å²) in [6.07, 6.45) is 1.39. The zero-order valence-electron chi connectivity index (χ0n) is 14.8. The Morgan fingerprint density at radius 2 is 1.69 bits per heavy atom. The van der Waals surface area contributed by atoms with Crippen molar-refractivity contribution in [2.75, 3.05) is 25.2 Å². The molecule has 0 saturated carbocycles. The quantitative estimate of drug-likeness (QED) is 0.533. The SMILES string of the molecule is CCOP(=O)(OCC)[C@@H]1N=C[C@H]2C(=O)N(c3ccc(OC)cc3)C(=O)[C@@H]12. The first-order chi connectivity index (χ1) is 12.5. The van der Waals surface area contributed by atoms with E-state index in [0.29, 0.717) is 11.4 Å². The molecule has 2 aliphatic heterocycles. The summed E-state index contributed by atoms with van der Waals surface area (Å²) in [5, 5.41) is 0. The predicted octanol–water partition coefficient (Wildman–Crippen LogP) is 2.48. The highest BCUT2D eigenvalue weighted by Gasteiger charge is 2.59. The lowest BCUT2D eigenvalue weighted by Gasteiger charge is -2.25. The second-order valence-corrected chi connectivity index (χ2v) is 7.97. The molecular formula is C17H21N2O6P. The molecule has 0 radical (unpaired) electrons. The van der Waals surface area contributed by atoms with Crippen LogP contribution in [-0.2, 0) is 23.2 Å². The van der Waals surface area contributed by atoms with E-state index in [2.05, 4.69) is 4.99 Å². The Morgan fingerprint density at radius 3 is 2.23 bits per heavy atom. The molecule has 0 aliphatic carbocycles. The van der Waals surface area contributed by atoms with E-state index in [-0.39, 0.29) is 13.2 Å². The molecule has 1 saturated heterocycles. The number of methoxy groups -OCH3 is 1. The molecule has 0 spiro atoms. The maximum atomic E-state index is 13.1. The lowest BCUT2D eigenvalue weighted by Crippen LogP contribution is -2.33. The second kappa shape index (κ2) is 7.31. The van der Waals surface area contributed by atoms with E-state index in [0.717, 1.165) is 4.90 Å². The molecule has 8 nitrogen and oxygen atoms in total. The summed E-state index contributed by atoms with van der Waals surface area (Å²) in [5.41, 5.74) is 0.435. The minimum absolute atomic E-state index is 0.158. The van der Waals surface area contributed by atoms with E-state index >= 15 is 0 Å². The summed E-state index contributed by atoms with van der Waals surface area (Å²) in [7, 11) is -2.12. The summed E-state index contributed by atoms with van der Waals surface area (Å²) in [6, 6.07) is 6.60. The van der Waals surface area contributed by atoms with Gasteiger partial charge in [-0.05, 0) is 38.1 Å². The molecule has 1 fully saturated rings. The fraction of sp³-hybridized carbons (Fsp3) is 0.471. The Balaban J connectivity index is 1.92. The van der Waals surface area contributed by atoms with Gasteiger partial charge in [-0.2, -0.15) is 0 Å². The summed E-state index contributed by atoms with van der Waals surface area (Å²) >= 11 is 0. The van der Waals surface area contributed by atoms with Crippen LogP contribution in [-0.4, -0.2) is 44.1 Å². The maximum absolute atomic E-state index is 13.1. The van der Waals surface area contributed by atoms with Crippen LogP contribution >= 0.6 is 7.60 Å². The van der Waals surface area contributed by atoms with Gasteiger partial charge in [0.15, 0.2) is 5.78 Å². The predicted molar refractivity (Wildman–Crippen MR) is 95.6 cm³/mol. The van der Waals surface area contributed by atoms with Crippen LogP contribution in [0.5, 0.6) is 5.75 Å². The molecule has 3 atom stereocenters. The first-order valence-electron chi connectivity index (χ1n) is 8.40. The fourth-order valence-electron chi connectivity index (χ4n) is 3.27. The van der Waals surface area contributed by atoms with Gasteiger partial charge in [0.1, 0.15) is 5.75 Å². The van der Waals surface area contributed by atoms with Crippen molar-refractivity contribution in [3.63, 3.8) is 0 Å². The number of benzene rings is 1. The van der Waals surface area contributed by atoms with E-state index < -0.39 is 37.0 Å². The van der Waals surface area contributed by atoms with Crippen LogP contribution in [0, 0.1) is 11.8 Å². The zero-order valence-corrected chi connectivity index (χ0v) is 15.7. The number of amides is 2. The van der Waals surface area contributed by atoms with Crippen molar-refractivity contribution in [1.82, 2.24) is 0 Å². The van der Waals surface area contributed by atoms with Gasteiger partial charge in [0.2, 0.25) is 11.8 Å². The van der Waals surface area contributed by atoms with E-state index in [4.69, 9.17) is 13.8 Å². The molecular weight excluding hydrogens is 359 g/mol. The van der Waals surface area contributed by atoms with Crippen molar-refractivity contribution < 1.29 is 27.9 Å². The van der Waals surface area contributed by atoms with Crippen LogP contribution in [0.25, 0.3) is 0 Å². The monoisotopic (exact) mass is 380 g/mol. The molecule has 2 amide bonds. The highest BCUT2D eigenvalue weighted by Crippen LogP contribution is 2.60. The Morgan fingerprint density at radius 1 is 1.08 bits per heavy atom. The van der Waals surface area contributed by atoms with Crippen LogP contribution in [0.4, 0.5) is 5.69 Å². The summed E-state index contributed by atoms with van der Waals surface area (Å²) < 4.78 is 28.9. The number of hydrogen-bond acceptors (Lipinski definition) is 7. The normalized spacial score (nSPS) is 25.0. The number of rotatable bonds is 7. The highest BCUT2D eigenvalue weighted by atomic mass is 31.2. The van der Waals surface area contributed by atoms with Crippen LogP contribution < -0.4 is 9.64 Å². The average Bonchev–Trinajstić information content (AvgIpc) is 3.17. The molecule has 1 aromatic rings. The first-order valence-corrected chi connectivity index (χ1v) is 10.0. The number of carbonyl (C=O) groups is 2. The summed E-state index contributed by atoms with van der Waals surface area (Å²) in [4.78, 5) is 31.0. The van der Waals surface area contributed by atoms with E-state index in [1.54, 1.807) is 38.1 Å². The molecule has 2 aliphatic rings. The van der Waals surface area contributed by atoms with E-state index in [1.165, 1.54) is 13.3 Å². The molecule has 0 N–H and O–H groups in total. The Labute approximate surface area is 151 Å². The molecule has 1 aromatic carbocycles. The molecule has 0 bridgehead atoms. The lowest BCUT2D eigenvalue weighted by atomic mass is 9.99. The van der Waals surface area contributed by atoms with Gasteiger partial charge in [-0.3, -0.25) is 19.1 Å². The first kappa shape index (κ1) is 18.8. The van der Waals surface area contributed by atoms with Crippen LogP contribution in [0.2, 0.25) is 0 Å². The Bertz CT molecular complexity index is 768. The lowest BCUT2D eigenvalue weighted by molar-refractivity contribution is -0.122. The third-order valence-corrected chi connectivity index (χ3v) is 6.73. The second-order valence-electron chi connectivity index (χ2n) is 5.85. The number of nitrogens with zero attached hydrogens (tertiary/aromatic N) is 2. The number of fused-ring (bicyclic) bond motifs is 1. The smallest absolute Gasteiger partial charge is 0.355 e. The highest BCUT2D eigenvalue weighted by molar-refractivity contribution is 7.54. The minimum atomic E-state index is -3.65. The molecule has 26 heavy (non-hydrogen) atoms. The van der Waals surface area contributed by atoms with Gasteiger partial charge in [-0.1, -0.05) is 0 Å². The average molecular weight is 380 g/mol. The van der Waals surface area contributed by atoms with Crippen LogP contribution in [0.15, 0.2) is 29.3 Å². The number of carbonyl (C=O) groups excluding carboxylic acids is 2. The van der Waals surface area contributed by atoms with Crippen molar-refractivity contribution in [1.29, 1.82) is 0 Å². The Hall–Kier alpha value is -2.02. The van der Waals surface area contributed by atoms with Crippen molar-refractivity contribution >= 4 is 31.3 Å². The fourth-order valence-corrected chi connectivity index (χ4v) is 5.32. The molecule has 0 aromatic heterocycles. The largest absolute Gasteiger partial charge is 0.497 e. The van der Waals surface area contributed by atoms with Crippen LogP contribution in [0.1, 0.15) is 13.8 Å². The third kappa shape index (κ3) is 2.98. The number of ether oxygens (including phenoxy) is 1. The van der Waals surface area contributed by atoms with Crippen molar-refractivity contribution in [2.45, 2.75) is 19.6 Å². The van der Waals surface area contributed by atoms with Gasteiger partial charge in [-0.25, -0.2) is 4.90 Å². The molecule has 0 unspecified atom stereocenters. The molecule has 140 valence electrons. The van der Waals surface area contributed by atoms with Crippen molar-refractivity contribution in [3.8, 4) is 5.75 Å². The van der Waals surface area contributed by atoms with Gasteiger partial charge < -0.3 is 13.8 Å². The van der Waals surface area contributed by atoms with Gasteiger partial charge >= 0.3 is 7.60 Å². The molecule has 2 heterocycles. The number of imide groups is 1. The van der Waals surface area contributed by atoms with Crippen LogP contribution in [0.3, 0.4) is 0 Å².